The predicted molar refractivity (Wildman–Crippen MR) is 56.3 cm³/mol. The lowest BCUT2D eigenvalue weighted by molar-refractivity contribution is -0.126. The highest BCUT2D eigenvalue weighted by Gasteiger charge is 2.16. The molecule has 0 radical (unpaired) electrons. The summed E-state index contributed by atoms with van der Waals surface area (Å²) in [6.45, 7) is 6.32. The molecular weight excluding hydrogens is 178 g/mol. The van der Waals surface area contributed by atoms with Gasteiger partial charge in [-0.05, 0) is 45.7 Å². The molecule has 1 aliphatic heterocycles. The van der Waals surface area contributed by atoms with Crippen molar-refractivity contribution in [3.05, 3.63) is 0 Å². The van der Waals surface area contributed by atoms with Crippen LogP contribution in [0.5, 0.6) is 0 Å². The Hall–Kier alpha value is -0.410. The summed E-state index contributed by atoms with van der Waals surface area (Å²) in [5, 5.41) is 3.30. The molecule has 0 aromatic carbocycles. The Kier molecular flexibility index (Phi) is 5.12. The summed E-state index contributed by atoms with van der Waals surface area (Å²) in [7, 11) is 0. The SMILES string of the molecule is CC(C)OCC(=O)CC1CCNCC1. The van der Waals surface area contributed by atoms with Gasteiger partial charge in [0.2, 0.25) is 0 Å². The van der Waals surface area contributed by atoms with Gasteiger partial charge in [-0.1, -0.05) is 0 Å². The average molecular weight is 199 g/mol. The van der Waals surface area contributed by atoms with E-state index in [1.54, 1.807) is 0 Å². The highest BCUT2D eigenvalue weighted by atomic mass is 16.5. The highest BCUT2D eigenvalue weighted by Crippen LogP contribution is 2.16. The van der Waals surface area contributed by atoms with Gasteiger partial charge in [-0.2, -0.15) is 0 Å². The standard InChI is InChI=1S/C11H21NO2/c1-9(2)14-8-11(13)7-10-3-5-12-6-4-10/h9-10,12H,3-8H2,1-2H3. The minimum atomic E-state index is 0.159. The molecule has 0 atom stereocenters. The maximum atomic E-state index is 11.5. The van der Waals surface area contributed by atoms with E-state index < -0.39 is 0 Å². The van der Waals surface area contributed by atoms with Gasteiger partial charge in [-0.15, -0.1) is 0 Å². The normalized spacial score (nSPS) is 18.8. The molecule has 1 fully saturated rings. The van der Waals surface area contributed by atoms with Gasteiger partial charge in [0.05, 0.1) is 6.10 Å². The number of carbonyl (C=O) groups excluding carboxylic acids is 1. The van der Waals surface area contributed by atoms with E-state index in [0.29, 0.717) is 18.9 Å². The van der Waals surface area contributed by atoms with Crippen molar-refractivity contribution >= 4 is 5.78 Å². The van der Waals surface area contributed by atoms with Crippen molar-refractivity contribution < 1.29 is 9.53 Å². The summed E-state index contributed by atoms with van der Waals surface area (Å²) in [6, 6.07) is 0. The van der Waals surface area contributed by atoms with E-state index in [0.717, 1.165) is 25.9 Å². The first kappa shape index (κ1) is 11.7. The molecule has 3 heteroatoms. The Labute approximate surface area is 86.2 Å². The van der Waals surface area contributed by atoms with Gasteiger partial charge in [-0.25, -0.2) is 0 Å². The zero-order valence-corrected chi connectivity index (χ0v) is 9.21. The minimum absolute atomic E-state index is 0.159. The van der Waals surface area contributed by atoms with E-state index in [1.165, 1.54) is 0 Å². The molecule has 0 aliphatic carbocycles. The van der Waals surface area contributed by atoms with Gasteiger partial charge in [0.25, 0.3) is 0 Å². The number of hydrogen-bond donors (Lipinski definition) is 1. The first-order valence-electron chi connectivity index (χ1n) is 5.52. The summed E-state index contributed by atoms with van der Waals surface area (Å²) in [5.41, 5.74) is 0. The lowest BCUT2D eigenvalue weighted by Crippen LogP contribution is -2.29. The second kappa shape index (κ2) is 6.14. The predicted octanol–water partition coefficient (Wildman–Crippen LogP) is 1.37. The molecule has 0 aromatic heterocycles. The second-order valence-corrected chi connectivity index (χ2v) is 4.30. The van der Waals surface area contributed by atoms with E-state index in [1.807, 2.05) is 13.8 Å². The number of rotatable bonds is 5. The first-order valence-corrected chi connectivity index (χ1v) is 5.52. The van der Waals surface area contributed by atoms with Crippen LogP contribution >= 0.6 is 0 Å². The van der Waals surface area contributed by atoms with Crippen LogP contribution in [0.2, 0.25) is 0 Å². The van der Waals surface area contributed by atoms with Crippen LogP contribution in [-0.4, -0.2) is 31.6 Å². The minimum Gasteiger partial charge on any atom is -0.371 e. The second-order valence-electron chi connectivity index (χ2n) is 4.30. The molecule has 0 saturated carbocycles. The van der Waals surface area contributed by atoms with Crippen molar-refractivity contribution in [2.45, 2.75) is 39.2 Å². The van der Waals surface area contributed by atoms with E-state index >= 15 is 0 Å². The fourth-order valence-corrected chi connectivity index (χ4v) is 1.73. The molecule has 1 heterocycles. The Morgan fingerprint density at radius 3 is 2.64 bits per heavy atom. The lowest BCUT2D eigenvalue weighted by Gasteiger charge is -2.21. The van der Waals surface area contributed by atoms with Gasteiger partial charge >= 0.3 is 0 Å². The Balaban J connectivity index is 2.12. The summed E-state index contributed by atoms with van der Waals surface area (Å²) in [5.74, 6) is 0.838. The number of nitrogens with one attached hydrogen (secondary N) is 1. The monoisotopic (exact) mass is 199 g/mol. The molecule has 0 bridgehead atoms. The van der Waals surface area contributed by atoms with Crippen LogP contribution < -0.4 is 5.32 Å². The van der Waals surface area contributed by atoms with Crippen molar-refractivity contribution in [2.75, 3.05) is 19.7 Å². The van der Waals surface area contributed by atoms with Crippen LogP contribution in [0.25, 0.3) is 0 Å². The van der Waals surface area contributed by atoms with Crippen LogP contribution in [0, 0.1) is 5.92 Å². The third kappa shape index (κ3) is 4.72. The van der Waals surface area contributed by atoms with Gasteiger partial charge < -0.3 is 10.1 Å². The first-order chi connectivity index (χ1) is 6.68. The molecule has 82 valence electrons. The van der Waals surface area contributed by atoms with E-state index in [9.17, 15) is 4.79 Å². The molecule has 3 nitrogen and oxygen atoms in total. The summed E-state index contributed by atoms with van der Waals surface area (Å²) >= 11 is 0. The topological polar surface area (TPSA) is 38.3 Å². The van der Waals surface area contributed by atoms with Crippen LogP contribution in [0.4, 0.5) is 0 Å². The number of piperidine rings is 1. The molecule has 14 heavy (non-hydrogen) atoms. The van der Waals surface area contributed by atoms with Crippen LogP contribution in [0.1, 0.15) is 33.1 Å². The third-order valence-corrected chi connectivity index (χ3v) is 2.55. The van der Waals surface area contributed by atoms with Gasteiger partial charge in [0.15, 0.2) is 5.78 Å². The highest BCUT2D eigenvalue weighted by molar-refractivity contribution is 5.79. The summed E-state index contributed by atoms with van der Waals surface area (Å²) in [6.07, 6.45) is 3.13. The molecule has 1 rings (SSSR count). The third-order valence-electron chi connectivity index (χ3n) is 2.55. The molecule has 1 N–H and O–H groups in total. The largest absolute Gasteiger partial charge is 0.371 e. The zero-order chi connectivity index (χ0) is 10.4. The number of ether oxygens (including phenoxy) is 1. The summed E-state index contributed by atoms with van der Waals surface area (Å²) in [4.78, 5) is 11.5. The van der Waals surface area contributed by atoms with E-state index in [4.69, 9.17) is 4.74 Å². The summed E-state index contributed by atoms with van der Waals surface area (Å²) < 4.78 is 5.28. The number of carbonyl (C=O) groups is 1. The Morgan fingerprint density at radius 2 is 2.07 bits per heavy atom. The fraction of sp³-hybridized carbons (Fsp3) is 0.909. The zero-order valence-electron chi connectivity index (χ0n) is 9.21. The smallest absolute Gasteiger partial charge is 0.158 e. The fourth-order valence-electron chi connectivity index (χ4n) is 1.73. The Bertz CT molecular complexity index is 174. The van der Waals surface area contributed by atoms with Crippen molar-refractivity contribution in [3.8, 4) is 0 Å². The van der Waals surface area contributed by atoms with Gasteiger partial charge in [-0.3, -0.25) is 4.79 Å². The quantitative estimate of drug-likeness (QED) is 0.726. The molecule has 0 aromatic rings. The van der Waals surface area contributed by atoms with Crippen LogP contribution in [-0.2, 0) is 9.53 Å². The molecule has 0 spiro atoms. The molecule has 1 saturated heterocycles. The van der Waals surface area contributed by atoms with Gasteiger partial charge in [0, 0.05) is 6.42 Å². The van der Waals surface area contributed by atoms with Gasteiger partial charge in [0.1, 0.15) is 6.61 Å². The van der Waals surface area contributed by atoms with E-state index in [-0.39, 0.29) is 11.9 Å². The maximum absolute atomic E-state index is 11.5. The van der Waals surface area contributed by atoms with Crippen molar-refractivity contribution in [1.82, 2.24) is 5.32 Å². The molecule has 1 aliphatic rings. The number of hydrogen-bond acceptors (Lipinski definition) is 3. The maximum Gasteiger partial charge on any atom is 0.158 e. The van der Waals surface area contributed by atoms with Crippen molar-refractivity contribution in [3.63, 3.8) is 0 Å². The lowest BCUT2D eigenvalue weighted by atomic mass is 9.93. The number of Topliss-reactive ketones (excluding diaryl/α,β-unsaturated/α-hetero) is 1. The van der Waals surface area contributed by atoms with Crippen LogP contribution in [0.15, 0.2) is 0 Å². The van der Waals surface area contributed by atoms with Crippen molar-refractivity contribution in [2.24, 2.45) is 5.92 Å². The Morgan fingerprint density at radius 1 is 1.43 bits per heavy atom. The average Bonchev–Trinajstić information content (AvgIpc) is 2.16. The van der Waals surface area contributed by atoms with E-state index in [2.05, 4.69) is 5.32 Å². The van der Waals surface area contributed by atoms with Crippen molar-refractivity contribution in [1.29, 1.82) is 0 Å². The molecular formula is C11H21NO2. The molecule has 0 unspecified atom stereocenters. The van der Waals surface area contributed by atoms with Crippen LogP contribution in [0.3, 0.4) is 0 Å². The molecule has 0 amide bonds. The number of ketones is 1.